The zero-order chi connectivity index (χ0) is 17.7. The molecule has 0 aliphatic rings. The van der Waals surface area contributed by atoms with E-state index in [1.807, 2.05) is 0 Å². The van der Waals surface area contributed by atoms with Crippen molar-refractivity contribution in [3.05, 3.63) is 51.1 Å². The highest BCUT2D eigenvalue weighted by atomic mass is 127. The molecule has 1 heterocycles. The van der Waals surface area contributed by atoms with E-state index in [-0.39, 0.29) is 10.8 Å². The monoisotopic (exact) mass is 433 g/mol. The van der Waals surface area contributed by atoms with Gasteiger partial charge in [0.2, 0.25) is 5.89 Å². The topological polar surface area (TPSA) is 26.0 Å². The van der Waals surface area contributed by atoms with Crippen molar-refractivity contribution in [3.8, 4) is 11.5 Å². The molecule has 0 radical (unpaired) electrons. The lowest BCUT2D eigenvalue weighted by Gasteiger charge is -2.24. The fourth-order valence-electron chi connectivity index (χ4n) is 2.74. The fourth-order valence-corrected chi connectivity index (χ4v) is 3.10. The molecule has 0 spiro atoms. The van der Waals surface area contributed by atoms with Crippen LogP contribution in [0.5, 0.6) is 0 Å². The summed E-state index contributed by atoms with van der Waals surface area (Å²) in [6.45, 7) is 13.4. The van der Waals surface area contributed by atoms with Gasteiger partial charge in [0.15, 0.2) is 5.58 Å². The highest BCUT2D eigenvalue weighted by Gasteiger charge is 2.25. The van der Waals surface area contributed by atoms with Gasteiger partial charge in [-0.3, -0.25) is 0 Å². The maximum atomic E-state index is 6.21. The smallest absolute Gasteiger partial charge is 0.227 e. The molecule has 0 saturated carbocycles. The molecule has 0 unspecified atom stereocenters. The molecule has 24 heavy (non-hydrogen) atoms. The van der Waals surface area contributed by atoms with Crippen molar-refractivity contribution >= 4 is 33.7 Å². The van der Waals surface area contributed by atoms with Crippen molar-refractivity contribution in [2.24, 2.45) is 0 Å². The summed E-state index contributed by atoms with van der Waals surface area (Å²) >= 11 is 2.31. The minimum atomic E-state index is 0.00236. The van der Waals surface area contributed by atoms with Crippen LogP contribution in [0.1, 0.15) is 52.7 Å². The van der Waals surface area contributed by atoms with Crippen LogP contribution in [0.3, 0.4) is 0 Å². The van der Waals surface area contributed by atoms with E-state index in [0.717, 1.165) is 16.7 Å². The summed E-state index contributed by atoms with van der Waals surface area (Å²) < 4.78 is 7.41. The van der Waals surface area contributed by atoms with Gasteiger partial charge in [-0.25, -0.2) is 4.98 Å². The van der Waals surface area contributed by atoms with Gasteiger partial charge < -0.3 is 4.42 Å². The zero-order valence-electron chi connectivity index (χ0n) is 15.2. The molecule has 2 nitrogen and oxygen atoms in total. The predicted octanol–water partition coefficient (Wildman–Crippen LogP) is 6.69. The summed E-state index contributed by atoms with van der Waals surface area (Å²) in [7, 11) is 0. The van der Waals surface area contributed by atoms with Crippen LogP contribution >= 0.6 is 22.6 Å². The van der Waals surface area contributed by atoms with E-state index in [0.29, 0.717) is 5.89 Å². The number of hydrogen-bond donors (Lipinski definition) is 0. The summed E-state index contributed by atoms with van der Waals surface area (Å²) in [6.07, 6.45) is 0. The van der Waals surface area contributed by atoms with Gasteiger partial charge in [-0.15, -0.1) is 0 Å². The number of benzene rings is 2. The van der Waals surface area contributed by atoms with Crippen LogP contribution in [0.4, 0.5) is 0 Å². The Bertz CT molecular complexity index is 877. The average Bonchev–Trinajstić information content (AvgIpc) is 2.88. The molecule has 0 amide bonds. The van der Waals surface area contributed by atoms with Crippen LogP contribution in [-0.2, 0) is 10.8 Å². The largest absolute Gasteiger partial charge is 0.436 e. The van der Waals surface area contributed by atoms with Crippen LogP contribution < -0.4 is 0 Å². The molecule has 3 heteroatoms. The predicted molar refractivity (Wildman–Crippen MR) is 110 cm³/mol. The molecule has 0 aliphatic heterocycles. The third-order valence-corrected chi connectivity index (χ3v) is 4.97. The summed E-state index contributed by atoms with van der Waals surface area (Å²) in [4.78, 5) is 4.79. The molecule has 3 aromatic rings. The first kappa shape index (κ1) is 17.5. The Kier molecular flexibility index (Phi) is 4.27. The van der Waals surface area contributed by atoms with Crippen LogP contribution in [0.2, 0.25) is 0 Å². The SMILES string of the molecule is CC(C)(C)c1cc(C(C)(C)C)c2oc(-c3ccc(I)cc3)nc2c1. The lowest BCUT2D eigenvalue weighted by molar-refractivity contribution is 0.552. The van der Waals surface area contributed by atoms with Crippen molar-refractivity contribution in [2.75, 3.05) is 0 Å². The highest BCUT2D eigenvalue weighted by Crippen LogP contribution is 2.37. The van der Waals surface area contributed by atoms with Crippen molar-refractivity contribution in [1.82, 2.24) is 4.98 Å². The Hall–Kier alpha value is -1.36. The second kappa shape index (κ2) is 5.87. The molecule has 0 saturated heterocycles. The van der Waals surface area contributed by atoms with E-state index in [4.69, 9.17) is 9.40 Å². The quantitative estimate of drug-likeness (QED) is 0.400. The van der Waals surface area contributed by atoms with Crippen molar-refractivity contribution in [3.63, 3.8) is 0 Å². The van der Waals surface area contributed by atoms with Crippen LogP contribution in [0.25, 0.3) is 22.6 Å². The molecular formula is C21H24INO. The maximum Gasteiger partial charge on any atom is 0.227 e. The van der Waals surface area contributed by atoms with Crippen molar-refractivity contribution in [1.29, 1.82) is 0 Å². The number of aromatic nitrogens is 1. The molecular weight excluding hydrogens is 409 g/mol. The highest BCUT2D eigenvalue weighted by molar-refractivity contribution is 14.1. The molecule has 0 bridgehead atoms. The Balaban J connectivity index is 2.26. The van der Waals surface area contributed by atoms with E-state index in [1.54, 1.807) is 0 Å². The second-order valence-electron chi connectivity index (χ2n) is 8.40. The maximum absolute atomic E-state index is 6.21. The number of oxazole rings is 1. The van der Waals surface area contributed by atoms with E-state index in [2.05, 4.69) is 101 Å². The van der Waals surface area contributed by atoms with Gasteiger partial charge in [-0.05, 0) is 69.3 Å². The Labute approximate surface area is 157 Å². The first-order chi connectivity index (χ1) is 11.1. The molecule has 0 N–H and O–H groups in total. The van der Waals surface area contributed by atoms with Crippen LogP contribution in [0.15, 0.2) is 40.8 Å². The minimum absolute atomic E-state index is 0.00236. The van der Waals surface area contributed by atoms with Gasteiger partial charge in [0.05, 0.1) is 0 Å². The van der Waals surface area contributed by atoms with Crippen molar-refractivity contribution < 1.29 is 4.42 Å². The fraction of sp³-hybridized carbons (Fsp3) is 0.381. The van der Waals surface area contributed by atoms with Crippen LogP contribution in [0, 0.1) is 3.57 Å². The Morgan fingerprint density at radius 2 is 1.50 bits per heavy atom. The molecule has 1 aromatic heterocycles. The van der Waals surface area contributed by atoms with Gasteiger partial charge in [0, 0.05) is 14.7 Å². The third kappa shape index (κ3) is 3.37. The lowest BCUT2D eigenvalue weighted by Crippen LogP contribution is -2.16. The first-order valence-electron chi connectivity index (χ1n) is 8.27. The number of nitrogens with zero attached hydrogens (tertiary/aromatic N) is 1. The molecule has 3 rings (SSSR count). The number of hydrogen-bond acceptors (Lipinski definition) is 2. The summed E-state index contributed by atoms with van der Waals surface area (Å²) in [5.74, 6) is 0.693. The Morgan fingerprint density at radius 1 is 0.875 bits per heavy atom. The standard InChI is InChI=1S/C21H24INO/c1-20(2,3)14-11-16(21(4,5)6)18-17(12-14)23-19(24-18)13-7-9-15(22)10-8-13/h7-12H,1-6H3. The number of rotatable bonds is 1. The van der Waals surface area contributed by atoms with E-state index >= 15 is 0 Å². The number of halogens is 1. The summed E-state index contributed by atoms with van der Waals surface area (Å²) in [5.41, 5.74) is 5.46. The lowest BCUT2D eigenvalue weighted by atomic mass is 9.80. The van der Waals surface area contributed by atoms with Gasteiger partial charge in [0.25, 0.3) is 0 Å². The first-order valence-corrected chi connectivity index (χ1v) is 9.35. The van der Waals surface area contributed by atoms with E-state index < -0.39 is 0 Å². The Morgan fingerprint density at radius 3 is 2.04 bits per heavy atom. The van der Waals surface area contributed by atoms with Crippen molar-refractivity contribution in [2.45, 2.75) is 52.4 Å². The minimum Gasteiger partial charge on any atom is -0.436 e. The molecule has 0 aliphatic carbocycles. The molecule has 2 aromatic carbocycles. The van der Waals surface area contributed by atoms with Gasteiger partial charge in [-0.2, -0.15) is 0 Å². The molecule has 0 fully saturated rings. The van der Waals surface area contributed by atoms with E-state index in [1.165, 1.54) is 14.7 Å². The zero-order valence-corrected chi connectivity index (χ0v) is 17.4. The molecule has 126 valence electrons. The van der Waals surface area contributed by atoms with Crippen LogP contribution in [-0.4, -0.2) is 4.98 Å². The normalized spacial score (nSPS) is 12.8. The number of fused-ring (bicyclic) bond motifs is 1. The third-order valence-electron chi connectivity index (χ3n) is 4.26. The van der Waals surface area contributed by atoms with Gasteiger partial charge in [0.1, 0.15) is 5.52 Å². The van der Waals surface area contributed by atoms with Gasteiger partial charge in [-0.1, -0.05) is 47.6 Å². The average molecular weight is 433 g/mol. The van der Waals surface area contributed by atoms with Gasteiger partial charge >= 0.3 is 0 Å². The molecule has 0 atom stereocenters. The van der Waals surface area contributed by atoms with E-state index in [9.17, 15) is 0 Å². The summed E-state index contributed by atoms with van der Waals surface area (Å²) in [6, 6.07) is 12.7. The second-order valence-corrected chi connectivity index (χ2v) is 9.64. The summed E-state index contributed by atoms with van der Waals surface area (Å²) in [5, 5.41) is 0.